The highest BCUT2D eigenvalue weighted by Gasteiger charge is 2.00. The maximum Gasteiger partial charge on any atom is 0.170 e. The molecule has 0 bridgehead atoms. The van der Waals surface area contributed by atoms with Gasteiger partial charge < -0.3 is 10.6 Å². The predicted octanol–water partition coefficient (Wildman–Crippen LogP) is 3.65. The summed E-state index contributed by atoms with van der Waals surface area (Å²) >= 11 is 8.62. The molecule has 2 aromatic carbocycles. The number of halogens is 1. The first-order chi connectivity index (χ1) is 11.2. The Labute approximate surface area is 158 Å². The molecule has 0 aliphatic rings. The van der Waals surface area contributed by atoms with Crippen molar-refractivity contribution < 1.29 is 9.32 Å². The van der Waals surface area contributed by atoms with E-state index in [2.05, 4.69) is 42.5 Å². The van der Waals surface area contributed by atoms with Gasteiger partial charge in [-0.2, -0.15) is 5.90 Å². The van der Waals surface area contributed by atoms with Gasteiger partial charge in [-0.3, -0.25) is 0 Å². The van der Waals surface area contributed by atoms with Crippen LogP contribution in [0, 0.1) is 3.57 Å². The molecular formula is C15H16IN3O2S2. The Balaban J connectivity index is 1.71. The fraction of sp³-hybridized carbons (Fsp3) is 0.133. The Hall–Kier alpha value is -0.910. The van der Waals surface area contributed by atoms with Crippen LogP contribution in [0.15, 0.2) is 53.4 Å². The first-order valence-corrected chi connectivity index (χ1v) is 8.99. The third kappa shape index (κ3) is 7.02. The fourth-order valence-electron chi connectivity index (χ4n) is 1.80. The third-order valence-corrected chi connectivity index (χ3v) is 4.47. The van der Waals surface area contributed by atoms with Gasteiger partial charge in [-0.25, -0.2) is 0 Å². The molecule has 23 heavy (non-hydrogen) atoms. The lowest BCUT2D eigenvalue weighted by atomic mass is 10.1. The van der Waals surface area contributed by atoms with Crippen LogP contribution >= 0.6 is 46.9 Å². The smallest absolute Gasteiger partial charge is 0.170 e. The molecule has 0 saturated carbocycles. The van der Waals surface area contributed by atoms with Crippen LogP contribution in [0.1, 0.15) is 5.56 Å². The minimum atomic E-state index is 0.617. The second-order valence-corrected chi connectivity index (χ2v) is 6.96. The van der Waals surface area contributed by atoms with E-state index in [1.54, 1.807) is 0 Å². The van der Waals surface area contributed by atoms with Crippen molar-refractivity contribution in [3.05, 3.63) is 57.7 Å². The number of anilines is 1. The molecule has 2 rings (SSSR count). The van der Waals surface area contributed by atoms with Crippen molar-refractivity contribution in [1.82, 2.24) is 5.32 Å². The van der Waals surface area contributed by atoms with Gasteiger partial charge in [0.2, 0.25) is 0 Å². The molecule has 2 aromatic rings. The normalized spacial score (nSPS) is 10.3. The van der Waals surface area contributed by atoms with Crippen molar-refractivity contribution in [2.45, 2.75) is 11.3 Å². The summed E-state index contributed by atoms with van der Waals surface area (Å²) in [5, 5.41) is 6.97. The molecule has 0 fully saturated rings. The zero-order valence-corrected chi connectivity index (χ0v) is 15.9. The maximum absolute atomic E-state index is 5.28. The molecule has 122 valence electrons. The Bertz CT molecular complexity index is 624. The highest BCUT2D eigenvalue weighted by atomic mass is 127. The molecule has 8 heteroatoms. The largest absolute Gasteiger partial charge is 0.362 e. The Morgan fingerprint density at radius 2 is 1.83 bits per heavy atom. The third-order valence-electron chi connectivity index (χ3n) is 2.89. The standard InChI is InChI=1S/C15H16IN3O2S2/c16-12-3-5-13(6-4-12)19-15(22)18-10-9-11-1-7-14(8-2-11)23-21-20-17/h1-8H,9-10,17H2,(H2,18,19,22). The number of thiocarbonyl (C=S) groups is 1. The summed E-state index contributed by atoms with van der Waals surface area (Å²) in [6.45, 7) is 0.755. The predicted molar refractivity (Wildman–Crippen MR) is 106 cm³/mol. The van der Waals surface area contributed by atoms with Crippen LogP contribution in [-0.4, -0.2) is 11.7 Å². The molecule has 4 N–H and O–H groups in total. The minimum absolute atomic E-state index is 0.617. The molecule has 0 radical (unpaired) electrons. The molecule has 0 heterocycles. The Morgan fingerprint density at radius 3 is 2.48 bits per heavy atom. The van der Waals surface area contributed by atoms with E-state index < -0.39 is 0 Å². The molecule has 0 saturated heterocycles. The molecule has 0 spiro atoms. The summed E-state index contributed by atoms with van der Waals surface area (Å²) in [5.74, 6) is 4.79. The monoisotopic (exact) mass is 461 g/mol. The highest BCUT2D eigenvalue weighted by molar-refractivity contribution is 14.1. The molecule has 0 aliphatic carbocycles. The van der Waals surface area contributed by atoms with Gasteiger partial charge >= 0.3 is 0 Å². The van der Waals surface area contributed by atoms with Crippen molar-refractivity contribution in [3.8, 4) is 0 Å². The van der Waals surface area contributed by atoms with Crippen LogP contribution in [0.25, 0.3) is 0 Å². The van der Waals surface area contributed by atoms with Crippen LogP contribution in [0.4, 0.5) is 5.69 Å². The minimum Gasteiger partial charge on any atom is -0.362 e. The zero-order chi connectivity index (χ0) is 16.5. The van der Waals surface area contributed by atoms with Gasteiger partial charge in [-0.1, -0.05) is 12.1 Å². The second kappa shape index (κ2) is 10.1. The lowest BCUT2D eigenvalue weighted by Crippen LogP contribution is -2.30. The highest BCUT2D eigenvalue weighted by Crippen LogP contribution is 2.19. The van der Waals surface area contributed by atoms with Gasteiger partial charge in [-0.05, 0) is 83.2 Å². The number of benzene rings is 2. The average molecular weight is 461 g/mol. The van der Waals surface area contributed by atoms with E-state index in [4.69, 9.17) is 18.1 Å². The molecular weight excluding hydrogens is 445 g/mol. The van der Waals surface area contributed by atoms with Crippen molar-refractivity contribution in [1.29, 1.82) is 0 Å². The molecule has 0 unspecified atom stereocenters. The van der Waals surface area contributed by atoms with E-state index in [0.717, 1.165) is 35.6 Å². The van der Waals surface area contributed by atoms with E-state index in [1.165, 1.54) is 9.13 Å². The summed E-state index contributed by atoms with van der Waals surface area (Å²) in [5.41, 5.74) is 2.18. The van der Waals surface area contributed by atoms with Crippen LogP contribution in [0.2, 0.25) is 0 Å². The second-order valence-electron chi connectivity index (χ2n) is 4.53. The van der Waals surface area contributed by atoms with Gasteiger partial charge in [0.1, 0.15) is 0 Å². The summed E-state index contributed by atoms with van der Waals surface area (Å²) < 4.78 is 5.78. The molecule has 0 atom stereocenters. The first kappa shape index (κ1) is 18.4. The molecule has 0 amide bonds. The summed E-state index contributed by atoms with van der Waals surface area (Å²) in [6.07, 6.45) is 0.869. The first-order valence-electron chi connectivity index (χ1n) is 6.77. The number of hydrogen-bond acceptors (Lipinski definition) is 5. The van der Waals surface area contributed by atoms with E-state index in [9.17, 15) is 0 Å². The summed E-state index contributed by atoms with van der Waals surface area (Å²) in [4.78, 5) is 4.97. The Morgan fingerprint density at radius 1 is 1.13 bits per heavy atom. The topological polar surface area (TPSA) is 68.5 Å². The van der Waals surface area contributed by atoms with Crippen LogP contribution in [-0.2, 0) is 15.7 Å². The maximum atomic E-state index is 5.28. The van der Waals surface area contributed by atoms with Crippen molar-refractivity contribution in [2.75, 3.05) is 11.9 Å². The van der Waals surface area contributed by atoms with Gasteiger partial charge in [-0.15, -0.1) is 9.32 Å². The fourth-order valence-corrected chi connectivity index (χ4v) is 2.74. The van der Waals surface area contributed by atoms with Gasteiger partial charge in [0.15, 0.2) is 5.11 Å². The van der Waals surface area contributed by atoms with E-state index in [0.29, 0.717) is 5.11 Å². The zero-order valence-electron chi connectivity index (χ0n) is 12.1. The van der Waals surface area contributed by atoms with Gasteiger partial charge in [0.25, 0.3) is 0 Å². The van der Waals surface area contributed by atoms with Crippen LogP contribution < -0.4 is 16.5 Å². The van der Waals surface area contributed by atoms with Crippen molar-refractivity contribution in [3.63, 3.8) is 0 Å². The molecule has 5 nitrogen and oxygen atoms in total. The Kier molecular flexibility index (Phi) is 8.06. The van der Waals surface area contributed by atoms with E-state index in [-0.39, 0.29) is 0 Å². The van der Waals surface area contributed by atoms with Gasteiger partial charge in [0.05, 0.1) is 12.0 Å². The lowest BCUT2D eigenvalue weighted by Gasteiger charge is -2.10. The van der Waals surface area contributed by atoms with Gasteiger partial charge in [0, 0.05) is 20.7 Å². The molecule has 0 aliphatic heterocycles. The van der Waals surface area contributed by atoms with Crippen LogP contribution in [0.5, 0.6) is 0 Å². The molecule has 0 aromatic heterocycles. The van der Waals surface area contributed by atoms with E-state index >= 15 is 0 Å². The van der Waals surface area contributed by atoms with Crippen LogP contribution in [0.3, 0.4) is 0 Å². The average Bonchev–Trinajstić information content (AvgIpc) is 2.56. The summed E-state index contributed by atoms with van der Waals surface area (Å²) in [7, 11) is 0. The number of hydrogen-bond donors (Lipinski definition) is 3. The van der Waals surface area contributed by atoms with E-state index in [1.807, 2.05) is 48.5 Å². The van der Waals surface area contributed by atoms with Crippen molar-refractivity contribution in [2.24, 2.45) is 5.90 Å². The lowest BCUT2D eigenvalue weighted by molar-refractivity contribution is -0.195. The quantitative estimate of drug-likeness (QED) is 0.191. The van der Waals surface area contributed by atoms with Crippen molar-refractivity contribution >= 4 is 57.7 Å². The number of nitrogens with two attached hydrogens (primary N) is 1. The number of nitrogens with one attached hydrogen (secondary N) is 2. The summed E-state index contributed by atoms with van der Waals surface area (Å²) in [6, 6.07) is 16.0. The SMILES string of the molecule is NOOSc1ccc(CCNC(=S)Nc2ccc(I)cc2)cc1. The number of rotatable bonds is 7.